The third-order valence-electron chi connectivity index (χ3n) is 4.16. The van der Waals surface area contributed by atoms with E-state index in [4.69, 9.17) is 9.47 Å². The molecule has 0 spiro atoms. The summed E-state index contributed by atoms with van der Waals surface area (Å²) in [6.45, 7) is 0.207. The number of hydrogen-bond donors (Lipinski definition) is 1. The van der Waals surface area contributed by atoms with Crippen LogP contribution in [0.1, 0.15) is 18.4 Å². The summed E-state index contributed by atoms with van der Waals surface area (Å²) in [7, 11) is 0. The molecular weight excluding hydrogens is 270 g/mol. The van der Waals surface area contributed by atoms with E-state index >= 15 is 0 Å². The Balaban J connectivity index is 1.81. The topological polar surface area (TPSA) is 68.7 Å². The van der Waals surface area contributed by atoms with Crippen LogP contribution in [0.3, 0.4) is 0 Å². The van der Waals surface area contributed by atoms with E-state index in [1.807, 2.05) is 24.3 Å². The number of carbonyl (C=O) groups is 1. The van der Waals surface area contributed by atoms with Gasteiger partial charge in [0.1, 0.15) is 0 Å². The van der Waals surface area contributed by atoms with Crippen LogP contribution >= 0.6 is 0 Å². The zero-order chi connectivity index (χ0) is 14.4. The summed E-state index contributed by atoms with van der Waals surface area (Å²) in [4.78, 5) is 15.7. The summed E-state index contributed by atoms with van der Waals surface area (Å²) in [5.41, 5.74) is 1.73. The second-order valence-electron chi connectivity index (χ2n) is 5.39. The van der Waals surface area contributed by atoms with Crippen LogP contribution in [0.2, 0.25) is 0 Å². The maximum Gasteiger partial charge on any atom is 0.314 e. The first kappa shape index (κ1) is 12.2. The van der Waals surface area contributed by atoms with Crippen molar-refractivity contribution in [1.29, 1.82) is 0 Å². The third kappa shape index (κ3) is 1.77. The summed E-state index contributed by atoms with van der Waals surface area (Å²) in [6.07, 6.45) is 4.70. The zero-order valence-corrected chi connectivity index (χ0v) is 11.2. The van der Waals surface area contributed by atoms with Crippen LogP contribution in [0.5, 0.6) is 11.5 Å². The summed E-state index contributed by atoms with van der Waals surface area (Å²) in [6, 6.07) is 7.56. The number of para-hydroxylation sites is 1. The number of carboxylic acid groups (broad SMARTS) is 1. The van der Waals surface area contributed by atoms with Crippen molar-refractivity contribution in [2.45, 2.75) is 18.3 Å². The van der Waals surface area contributed by atoms with E-state index in [2.05, 4.69) is 4.98 Å². The van der Waals surface area contributed by atoms with E-state index in [0.29, 0.717) is 24.3 Å². The van der Waals surface area contributed by atoms with E-state index < -0.39 is 11.4 Å². The number of nitrogens with zero attached hydrogens (tertiary/aromatic N) is 1. The number of pyridine rings is 1. The van der Waals surface area contributed by atoms with Crippen molar-refractivity contribution in [2.24, 2.45) is 0 Å². The predicted octanol–water partition coefficient (Wildman–Crippen LogP) is 2.59. The lowest BCUT2D eigenvalue weighted by molar-refractivity contribution is -0.140. The lowest BCUT2D eigenvalue weighted by atomic mass is 9.95. The molecule has 1 fully saturated rings. The van der Waals surface area contributed by atoms with Gasteiger partial charge in [-0.05, 0) is 30.5 Å². The van der Waals surface area contributed by atoms with E-state index in [9.17, 15) is 9.90 Å². The quantitative estimate of drug-likeness (QED) is 0.937. The van der Waals surface area contributed by atoms with Crippen LogP contribution < -0.4 is 9.47 Å². The summed E-state index contributed by atoms with van der Waals surface area (Å²) in [5, 5.41) is 9.40. The molecule has 1 aromatic heterocycles. The Morgan fingerprint density at radius 3 is 2.86 bits per heavy atom. The Morgan fingerprint density at radius 2 is 2.10 bits per heavy atom. The van der Waals surface area contributed by atoms with E-state index in [1.165, 1.54) is 0 Å². The van der Waals surface area contributed by atoms with Gasteiger partial charge in [-0.2, -0.15) is 0 Å². The van der Waals surface area contributed by atoms with Crippen LogP contribution in [0.4, 0.5) is 0 Å². The van der Waals surface area contributed by atoms with Crippen molar-refractivity contribution in [3.8, 4) is 22.6 Å². The molecule has 0 atom stereocenters. The van der Waals surface area contributed by atoms with Crippen LogP contribution in [-0.4, -0.2) is 22.9 Å². The molecule has 1 aromatic carbocycles. The van der Waals surface area contributed by atoms with Crippen LogP contribution in [-0.2, 0) is 10.2 Å². The predicted molar refractivity (Wildman–Crippen MR) is 74.3 cm³/mol. The summed E-state index contributed by atoms with van der Waals surface area (Å²) >= 11 is 0. The fraction of sp³-hybridized carbons (Fsp3) is 0.250. The van der Waals surface area contributed by atoms with Gasteiger partial charge in [0.05, 0.1) is 5.41 Å². The molecule has 0 amide bonds. The number of ether oxygens (including phenoxy) is 2. The van der Waals surface area contributed by atoms with Gasteiger partial charge in [-0.1, -0.05) is 12.1 Å². The van der Waals surface area contributed by atoms with Crippen molar-refractivity contribution in [3.63, 3.8) is 0 Å². The molecule has 5 nitrogen and oxygen atoms in total. The average molecular weight is 283 g/mol. The number of carboxylic acids is 1. The second-order valence-corrected chi connectivity index (χ2v) is 5.39. The highest BCUT2D eigenvalue weighted by atomic mass is 16.7. The molecule has 1 saturated carbocycles. The number of fused-ring (bicyclic) bond motifs is 1. The van der Waals surface area contributed by atoms with E-state index in [1.54, 1.807) is 12.4 Å². The Labute approximate surface area is 121 Å². The number of rotatable bonds is 3. The molecule has 1 aliphatic carbocycles. The standard InChI is InChI=1S/C16H13NO4/c18-15(19)16(4-5-16)11-6-10(7-17-8-11)12-2-1-3-13-14(12)21-9-20-13/h1-3,6-8H,4-5,9H2,(H,18,19). The monoisotopic (exact) mass is 283 g/mol. The Hall–Kier alpha value is -2.56. The van der Waals surface area contributed by atoms with E-state index in [0.717, 1.165) is 16.7 Å². The molecule has 0 saturated heterocycles. The first-order valence-corrected chi connectivity index (χ1v) is 6.79. The minimum atomic E-state index is -0.778. The Morgan fingerprint density at radius 1 is 1.24 bits per heavy atom. The lowest BCUT2D eigenvalue weighted by Crippen LogP contribution is -2.19. The molecule has 2 heterocycles. The van der Waals surface area contributed by atoms with Gasteiger partial charge in [-0.15, -0.1) is 0 Å². The van der Waals surface area contributed by atoms with Crippen LogP contribution in [0, 0.1) is 0 Å². The van der Waals surface area contributed by atoms with Gasteiger partial charge in [0.15, 0.2) is 11.5 Å². The molecule has 0 bridgehead atoms. The highest BCUT2D eigenvalue weighted by molar-refractivity contribution is 5.85. The maximum absolute atomic E-state index is 11.4. The Kier molecular flexibility index (Phi) is 2.45. The molecule has 1 aliphatic heterocycles. The highest BCUT2D eigenvalue weighted by Crippen LogP contribution is 2.49. The Bertz CT molecular complexity index is 737. The summed E-state index contributed by atoms with van der Waals surface area (Å²) < 4.78 is 10.9. The van der Waals surface area contributed by atoms with Gasteiger partial charge in [-0.25, -0.2) is 0 Å². The van der Waals surface area contributed by atoms with Gasteiger partial charge in [0, 0.05) is 23.5 Å². The first-order valence-electron chi connectivity index (χ1n) is 6.79. The van der Waals surface area contributed by atoms with Gasteiger partial charge >= 0.3 is 5.97 Å². The minimum Gasteiger partial charge on any atom is -0.481 e. The van der Waals surface area contributed by atoms with Crippen molar-refractivity contribution < 1.29 is 19.4 Å². The average Bonchev–Trinajstić information content (AvgIpc) is 3.19. The third-order valence-corrected chi connectivity index (χ3v) is 4.16. The van der Waals surface area contributed by atoms with Crippen LogP contribution in [0.25, 0.3) is 11.1 Å². The smallest absolute Gasteiger partial charge is 0.314 e. The number of aliphatic carboxylic acids is 1. The zero-order valence-electron chi connectivity index (χ0n) is 11.2. The van der Waals surface area contributed by atoms with Crippen molar-refractivity contribution in [3.05, 3.63) is 42.2 Å². The van der Waals surface area contributed by atoms with Gasteiger partial charge < -0.3 is 14.6 Å². The minimum absolute atomic E-state index is 0.207. The van der Waals surface area contributed by atoms with Crippen molar-refractivity contribution in [1.82, 2.24) is 4.98 Å². The maximum atomic E-state index is 11.4. The van der Waals surface area contributed by atoms with Crippen LogP contribution in [0.15, 0.2) is 36.7 Å². The normalized spacial score (nSPS) is 17.5. The largest absolute Gasteiger partial charge is 0.481 e. The van der Waals surface area contributed by atoms with Crippen molar-refractivity contribution in [2.75, 3.05) is 6.79 Å². The second kappa shape index (κ2) is 4.22. The lowest BCUT2D eigenvalue weighted by Gasteiger charge is -2.12. The van der Waals surface area contributed by atoms with Gasteiger partial charge in [0.2, 0.25) is 6.79 Å². The molecular formula is C16H13NO4. The highest BCUT2D eigenvalue weighted by Gasteiger charge is 2.52. The van der Waals surface area contributed by atoms with E-state index in [-0.39, 0.29) is 6.79 Å². The fourth-order valence-electron chi connectivity index (χ4n) is 2.76. The number of aromatic nitrogens is 1. The molecule has 1 N–H and O–H groups in total. The molecule has 2 aromatic rings. The van der Waals surface area contributed by atoms with Gasteiger partial charge in [-0.3, -0.25) is 9.78 Å². The number of benzene rings is 1. The molecule has 0 radical (unpaired) electrons. The number of hydrogen-bond acceptors (Lipinski definition) is 4. The van der Waals surface area contributed by atoms with Crippen molar-refractivity contribution >= 4 is 5.97 Å². The molecule has 21 heavy (non-hydrogen) atoms. The summed E-state index contributed by atoms with van der Waals surface area (Å²) in [5.74, 6) is 0.619. The molecule has 106 valence electrons. The van der Waals surface area contributed by atoms with Gasteiger partial charge in [0.25, 0.3) is 0 Å². The SMILES string of the molecule is O=C(O)C1(c2cncc(-c3cccc4c3OCO4)c2)CC1. The fourth-order valence-corrected chi connectivity index (χ4v) is 2.76. The first-order chi connectivity index (χ1) is 10.2. The molecule has 2 aliphatic rings. The molecule has 5 heteroatoms. The molecule has 0 unspecified atom stereocenters. The molecule has 4 rings (SSSR count).